The summed E-state index contributed by atoms with van der Waals surface area (Å²) in [5, 5.41) is 63.9. The average Bonchev–Trinajstić information content (AvgIpc) is 1.63. The van der Waals surface area contributed by atoms with E-state index in [0.29, 0.717) is 46.4 Å². The minimum atomic E-state index is -0.942. The van der Waals surface area contributed by atoms with Gasteiger partial charge in [0.2, 0.25) is 0 Å². The minimum absolute atomic E-state index is 0.0138. The smallest absolute Gasteiger partial charge is 0.336 e. The Morgan fingerprint density at radius 1 is 0.418 bits per heavy atom. The number of carbonyl (C=O) groups excluding carboxylic acids is 2. The van der Waals surface area contributed by atoms with Crippen LogP contribution in [0.1, 0.15) is 177 Å². The monoisotopic (exact) mass is 1460 g/mol. The van der Waals surface area contributed by atoms with Gasteiger partial charge >= 0.3 is 23.9 Å². The van der Waals surface area contributed by atoms with Crippen LogP contribution in [-0.2, 0) is 13.0 Å². The molecule has 1 heterocycles. The van der Waals surface area contributed by atoms with E-state index in [1.807, 2.05) is 136 Å². The number of aryl methyl sites for hydroxylation is 5. The van der Waals surface area contributed by atoms with E-state index in [0.717, 1.165) is 79.1 Å². The second kappa shape index (κ2) is 40.4. The first kappa shape index (κ1) is 81.6. The maximum Gasteiger partial charge on any atom is 0.336 e. The third-order valence-electron chi connectivity index (χ3n) is 17.6. The maximum atomic E-state index is 12.3. The summed E-state index contributed by atoms with van der Waals surface area (Å²) in [6.07, 6.45) is 19.6. The van der Waals surface area contributed by atoms with E-state index in [-0.39, 0.29) is 46.2 Å². The van der Waals surface area contributed by atoms with Gasteiger partial charge in [-0.2, -0.15) is 0 Å². The zero-order chi connectivity index (χ0) is 79.2. The second-order valence-electron chi connectivity index (χ2n) is 25.9. The number of phenolic OH excluding ortho intramolecular Hbond substituents is 3. The molecular weight excluding hydrogens is 1380 g/mol. The SMILES string of the molecule is C#Cc1cccc(/C=C/c2ccc(O)cc2C)c1.CC(=O)c1cccc(CC(=O)c2ccc(O)cc2C)c1.Cc1cc(O)ccc1/C=C/c1ccccc1C(=O)O.Cc1ccc(OCc2cccc(C(=O)O)c2)cc1C.O=C(O)c1cccc(/C=C/c2ccco2)c1.O=C(O)c1cccc([C@H]2C[C@@H]2c2ccccc2)c1. The first-order chi connectivity index (χ1) is 52.8. The van der Waals surface area contributed by atoms with Crippen molar-refractivity contribution >= 4 is 71.9 Å². The Morgan fingerprint density at radius 3 is 1.54 bits per heavy atom. The molecule has 110 heavy (non-hydrogen) atoms. The molecule has 0 saturated heterocycles. The number of benzene rings is 11. The first-order valence-electron chi connectivity index (χ1n) is 35.0. The summed E-state index contributed by atoms with van der Waals surface area (Å²) in [5.74, 6) is 2.16. The summed E-state index contributed by atoms with van der Waals surface area (Å²) >= 11 is 0. The number of terminal acetylenes is 1. The second-order valence-corrected chi connectivity index (χ2v) is 25.9. The number of phenols is 3. The first-order valence-corrected chi connectivity index (χ1v) is 35.0. The van der Waals surface area contributed by atoms with E-state index in [9.17, 15) is 44.1 Å². The number of ether oxygens (including phenoxy) is 1. The normalized spacial score (nSPS) is 12.3. The summed E-state index contributed by atoms with van der Waals surface area (Å²) in [7, 11) is 0. The molecule has 1 aromatic heterocycles. The van der Waals surface area contributed by atoms with Crippen molar-refractivity contribution in [2.24, 2.45) is 0 Å². The van der Waals surface area contributed by atoms with Gasteiger partial charge in [-0.25, -0.2) is 19.2 Å². The summed E-state index contributed by atoms with van der Waals surface area (Å²) in [6, 6.07) is 77.6. The number of carboxylic acid groups (broad SMARTS) is 4. The molecular formula is C95H84O15. The molecule has 0 bridgehead atoms. The molecule has 15 nitrogen and oxygen atoms in total. The van der Waals surface area contributed by atoms with Gasteiger partial charge in [-0.1, -0.05) is 170 Å². The van der Waals surface area contributed by atoms with E-state index >= 15 is 0 Å². The third-order valence-corrected chi connectivity index (χ3v) is 17.6. The molecule has 554 valence electrons. The highest BCUT2D eigenvalue weighted by Gasteiger charge is 2.39. The lowest BCUT2D eigenvalue weighted by Gasteiger charge is -2.08. The molecule has 15 heteroatoms. The largest absolute Gasteiger partial charge is 0.508 e. The lowest BCUT2D eigenvalue weighted by atomic mass is 9.97. The molecule has 1 aliphatic rings. The number of carbonyl (C=O) groups is 6. The van der Waals surface area contributed by atoms with Crippen LogP contribution in [-0.4, -0.2) is 71.2 Å². The molecule has 1 aliphatic carbocycles. The van der Waals surface area contributed by atoms with Crippen molar-refractivity contribution in [1.82, 2.24) is 0 Å². The van der Waals surface area contributed by atoms with Crippen molar-refractivity contribution in [1.29, 1.82) is 0 Å². The van der Waals surface area contributed by atoms with Crippen molar-refractivity contribution in [3.05, 3.63) is 390 Å². The summed E-state index contributed by atoms with van der Waals surface area (Å²) < 4.78 is 10.8. The van der Waals surface area contributed by atoms with Crippen molar-refractivity contribution in [3.8, 4) is 35.3 Å². The van der Waals surface area contributed by atoms with Crippen LogP contribution >= 0.6 is 0 Å². The van der Waals surface area contributed by atoms with Crippen molar-refractivity contribution in [2.75, 3.05) is 0 Å². The molecule has 0 radical (unpaired) electrons. The van der Waals surface area contributed by atoms with Gasteiger partial charge in [-0.15, -0.1) is 6.42 Å². The molecule has 2 atom stereocenters. The Bertz CT molecular complexity index is 5340. The molecule has 7 N–H and O–H groups in total. The fraction of sp³-hybridized carbons (Fsp3) is 0.116. The zero-order valence-electron chi connectivity index (χ0n) is 61.6. The van der Waals surface area contributed by atoms with E-state index in [1.54, 1.807) is 165 Å². The zero-order valence-corrected chi connectivity index (χ0v) is 61.6. The molecule has 11 aromatic carbocycles. The number of rotatable bonds is 19. The Labute approximate surface area is 640 Å². The van der Waals surface area contributed by atoms with Gasteiger partial charge in [0.25, 0.3) is 0 Å². The van der Waals surface area contributed by atoms with Crippen LogP contribution in [0.25, 0.3) is 36.5 Å². The van der Waals surface area contributed by atoms with Gasteiger partial charge in [0.15, 0.2) is 11.6 Å². The molecule has 13 rings (SSSR count). The fourth-order valence-electron chi connectivity index (χ4n) is 11.4. The minimum Gasteiger partial charge on any atom is -0.508 e. The standard InChI is InChI=1S/C17H16O3.C17H14O.C16H16O3.C16H14O3.C16H14O2.C13H10O3/c1-11-8-15(19)6-7-16(11)17(20)10-13-4-3-5-14(9-13)12(2)18;1-3-14-5-4-6-15(12-14)7-8-16-9-10-17(18)11-13(16)2;1-11-6-7-15(8-12(11)2)19-10-13-4-3-5-14(9-13)16(17)18;1-11-10-14(17)9-8-12(11)6-7-13-4-2-3-5-15(13)16(18)19;17-16(18)13-8-4-7-12(9-13)15-10-14(15)11-5-2-1-3-6-11;14-13(15)11-4-1-3-10(9-11)6-7-12-5-2-8-16-12/h3-9,19H,10H2,1-2H3;1,4-12,18H,2H3;3-9H,10H2,1-2H3,(H,17,18);2-10,17H,1H3,(H,18,19);1-9,14-15H,10H2,(H,17,18);1-9H,(H,14,15)/b;8-7+;;7-6+;;7-6+/t;;;;14-,15-;/m....1./s1. The fourth-order valence-corrected chi connectivity index (χ4v) is 11.4. The van der Waals surface area contributed by atoms with Crippen molar-refractivity contribution in [3.63, 3.8) is 0 Å². The van der Waals surface area contributed by atoms with E-state index < -0.39 is 23.9 Å². The number of hydrogen-bond acceptors (Lipinski definition) is 11. The summed E-state index contributed by atoms with van der Waals surface area (Å²) in [6.45, 7) is 11.6. The molecule has 0 aliphatic heterocycles. The van der Waals surface area contributed by atoms with Gasteiger partial charge in [0.1, 0.15) is 35.4 Å². The highest BCUT2D eigenvalue weighted by molar-refractivity contribution is 6.00. The molecule has 0 amide bonds. The van der Waals surface area contributed by atoms with E-state index in [1.165, 1.54) is 29.7 Å². The summed E-state index contributed by atoms with van der Waals surface area (Å²) in [5.41, 5.74) is 17.1. The number of aromatic hydroxyl groups is 3. The van der Waals surface area contributed by atoms with E-state index in [2.05, 4.69) is 37.1 Å². The van der Waals surface area contributed by atoms with Gasteiger partial charge in [0, 0.05) is 23.1 Å². The number of hydrogen-bond donors (Lipinski definition) is 7. The average molecular weight is 1470 g/mol. The predicted octanol–water partition coefficient (Wildman–Crippen LogP) is 21.1. The Balaban J connectivity index is 0.000000166. The number of carboxylic acids is 4. The lowest BCUT2D eigenvalue weighted by molar-refractivity contribution is 0.0686. The lowest BCUT2D eigenvalue weighted by Crippen LogP contribution is -2.06. The Kier molecular flexibility index (Phi) is 30.0. The van der Waals surface area contributed by atoms with Gasteiger partial charge in [-0.3, -0.25) is 9.59 Å². The number of furan rings is 1. The molecule has 1 saturated carbocycles. The van der Waals surface area contributed by atoms with Gasteiger partial charge in [0.05, 0.1) is 28.5 Å². The van der Waals surface area contributed by atoms with E-state index in [4.69, 9.17) is 36.0 Å². The third kappa shape index (κ3) is 25.6. The van der Waals surface area contributed by atoms with Crippen LogP contribution in [0.5, 0.6) is 23.0 Å². The van der Waals surface area contributed by atoms with Crippen LogP contribution in [0.2, 0.25) is 0 Å². The molecule has 0 unspecified atom stereocenters. The van der Waals surface area contributed by atoms with Crippen LogP contribution in [0, 0.1) is 47.0 Å². The van der Waals surface area contributed by atoms with Crippen molar-refractivity contribution < 1.29 is 73.7 Å². The number of aromatic carboxylic acids is 4. The highest BCUT2D eigenvalue weighted by atomic mass is 16.5. The van der Waals surface area contributed by atoms with Crippen molar-refractivity contribution in [2.45, 2.75) is 72.8 Å². The molecule has 1 fully saturated rings. The molecule has 0 spiro atoms. The number of Topliss-reactive ketones (excluding diaryl/α,β-unsaturated/α-hetero) is 2. The van der Waals surface area contributed by atoms with Crippen LogP contribution in [0.3, 0.4) is 0 Å². The number of ketones is 2. The van der Waals surface area contributed by atoms with Crippen LogP contribution in [0.4, 0.5) is 0 Å². The Hall–Kier alpha value is -14.1. The Morgan fingerprint density at radius 2 is 0.936 bits per heavy atom. The molecule has 12 aromatic rings. The quantitative estimate of drug-likeness (QED) is 0.0225. The van der Waals surface area contributed by atoms with Crippen LogP contribution in [0.15, 0.2) is 272 Å². The van der Waals surface area contributed by atoms with Gasteiger partial charge in [-0.05, 0) is 271 Å². The van der Waals surface area contributed by atoms with Gasteiger partial charge < -0.3 is 44.9 Å². The highest BCUT2D eigenvalue weighted by Crippen LogP contribution is 2.54. The summed E-state index contributed by atoms with van der Waals surface area (Å²) in [4.78, 5) is 67.2. The van der Waals surface area contributed by atoms with Crippen LogP contribution < -0.4 is 4.74 Å². The topological polar surface area (TPSA) is 266 Å². The predicted molar refractivity (Wildman–Crippen MR) is 433 cm³/mol. The maximum absolute atomic E-state index is 12.3.